The molecule has 0 spiro atoms. The van der Waals surface area contributed by atoms with Crippen LogP contribution in [0.2, 0.25) is 0 Å². The second-order valence-corrected chi connectivity index (χ2v) is 16.9. The molecule has 0 aromatic heterocycles. The van der Waals surface area contributed by atoms with E-state index in [1.165, 1.54) is 70.6 Å². The fraction of sp³-hybridized carbons (Fsp3) is 0.769. The van der Waals surface area contributed by atoms with Crippen LogP contribution in [0, 0.1) is 5.41 Å². The third kappa shape index (κ3) is 31.6. The molecule has 0 radical (unpaired) electrons. The summed E-state index contributed by atoms with van der Waals surface area (Å²) in [5.74, 6) is -1.34. The number of hydrogen-bond acceptors (Lipinski definition) is 7. The molecule has 1 fully saturated rings. The Balaban J connectivity index is 2.42. The summed E-state index contributed by atoms with van der Waals surface area (Å²) in [7, 11) is 0. The molecule has 0 heterocycles. The van der Waals surface area contributed by atoms with E-state index in [0.717, 1.165) is 109 Å². The molecule has 0 aromatic carbocycles. The number of carbonyl (C=O) groups is 4. The lowest BCUT2D eigenvalue weighted by atomic mass is 9.96. The van der Waals surface area contributed by atoms with Gasteiger partial charge in [-0.25, -0.2) is 0 Å². The summed E-state index contributed by atoms with van der Waals surface area (Å²) < 4.78 is 16.9. The highest BCUT2D eigenvalue weighted by Crippen LogP contribution is 2.49. The standard InChI is InChI=1S/C52H88O7/c1-4-7-10-13-16-18-20-22-24-26-28-30-32-35-38-41-49(54)57-45-47(59-51(56)52(43-44-52)48(53)40-37-34-15-12-9-6-3)46-58-50(55)42-39-36-33-31-29-27-25-23-21-19-17-14-11-8-5-2/h16-19,22-25,47H,4-15,20-21,26-46H2,1-3H3/b18-16-,19-17-,24-22-,25-23-. The minimum absolute atomic E-state index is 0.0617. The predicted octanol–water partition coefficient (Wildman–Crippen LogP) is 14.7. The van der Waals surface area contributed by atoms with Gasteiger partial charge in [0.25, 0.3) is 0 Å². The molecule has 1 aliphatic carbocycles. The average molecular weight is 825 g/mol. The third-order valence-corrected chi connectivity index (χ3v) is 11.2. The Morgan fingerprint density at radius 3 is 1.19 bits per heavy atom. The van der Waals surface area contributed by atoms with Crippen molar-refractivity contribution >= 4 is 23.7 Å². The molecule has 0 unspecified atom stereocenters. The Kier molecular flexibility index (Phi) is 35.9. The first-order valence-electron chi connectivity index (χ1n) is 24.5. The van der Waals surface area contributed by atoms with Crippen molar-refractivity contribution in [2.75, 3.05) is 13.2 Å². The number of rotatable bonds is 42. The highest BCUT2D eigenvalue weighted by Gasteiger charge is 2.57. The molecule has 338 valence electrons. The maximum Gasteiger partial charge on any atom is 0.320 e. The van der Waals surface area contributed by atoms with Gasteiger partial charge in [0.2, 0.25) is 0 Å². The maximum absolute atomic E-state index is 13.4. The fourth-order valence-electron chi connectivity index (χ4n) is 7.08. The first-order chi connectivity index (χ1) is 28.9. The van der Waals surface area contributed by atoms with Gasteiger partial charge >= 0.3 is 17.9 Å². The topological polar surface area (TPSA) is 96.0 Å². The molecule has 1 aliphatic rings. The predicted molar refractivity (Wildman–Crippen MR) is 245 cm³/mol. The van der Waals surface area contributed by atoms with Crippen molar-refractivity contribution in [3.05, 3.63) is 48.6 Å². The van der Waals surface area contributed by atoms with E-state index in [1.807, 2.05) is 0 Å². The second kappa shape index (κ2) is 39.2. The summed E-state index contributed by atoms with van der Waals surface area (Å²) in [6, 6.07) is 0. The minimum Gasteiger partial charge on any atom is -0.462 e. The number of allylic oxidation sites excluding steroid dienone is 8. The van der Waals surface area contributed by atoms with Gasteiger partial charge in [0.15, 0.2) is 6.10 Å². The Morgan fingerprint density at radius 1 is 0.441 bits per heavy atom. The molecular formula is C52H88O7. The summed E-state index contributed by atoms with van der Waals surface area (Å²) in [6.45, 7) is 6.26. The zero-order valence-corrected chi connectivity index (χ0v) is 38.3. The highest BCUT2D eigenvalue weighted by atomic mass is 16.6. The van der Waals surface area contributed by atoms with Crippen LogP contribution in [0.4, 0.5) is 0 Å². The summed E-state index contributed by atoms with van der Waals surface area (Å²) in [4.78, 5) is 51.8. The van der Waals surface area contributed by atoms with Crippen molar-refractivity contribution in [3.8, 4) is 0 Å². The molecule has 0 amide bonds. The van der Waals surface area contributed by atoms with Gasteiger partial charge in [0.1, 0.15) is 24.4 Å². The SMILES string of the molecule is CCCCC/C=C\C/C=C\CCCCCCCC(=O)OCC(COC(=O)CCCCCCC/C=C\C/C=C\CCCCC)OC(=O)C1(C(=O)CCCCCCCC)CC1. The first-order valence-corrected chi connectivity index (χ1v) is 24.5. The summed E-state index contributed by atoms with van der Waals surface area (Å²) in [5, 5.41) is 0. The largest absolute Gasteiger partial charge is 0.462 e. The number of esters is 3. The molecule has 0 aliphatic heterocycles. The van der Waals surface area contributed by atoms with Crippen LogP contribution >= 0.6 is 0 Å². The Labute approximate surface area is 362 Å². The quantitative estimate of drug-likeness (QED) is 0.0199. The van der Waals surface area contributed by atoms with Crippen molar-refractivity contribution in [3.63, 3.8) is 0 Å². The van der Waals surface area contributed by atoms with Crippen molar-refractivity contribution in [2.24, 2.45) is 5.41 Å². The van der Waals surface area contributed by atoms with E-state index in [4.69, 9.17) is 14.2 Å². The molecule has 0 N–H and O–H groups in total. The van der Waals surface area contributed by atoms with Gasteiger partial charge in [-0.15, -0.1) is 0 Å². The molecule has 0 aromatic rings. The lowest BCUT2D eigenvalue weighted by Crippen LogP contribution is -2.36. The zero-order chi connectivity index (χ0) is 42.9. The van der Waals surface area contributed by atoms with Crippen molar-refractivity contribution < 1.29 is 33.4 Å². The van der Waals surface area contributed by atoms with Gasteiger partial charge in [0, 0.05) is 19.3 Å². The van der Waals surface area contributed by atoms with Crippen LogP contribution in [0.25, 0.3) is 0 Å². The molecule has 7 heteroatoms. The van der Waals surface area contributed by atoms with Crippen molar-refractivity contribution in [1.82, 2.24) is 0 Å². The van der Waals surface area contributed by atoms with E-state index in [1.54, 1.807) is 0 Å². The Bertz CT molecular complexity index is 1120. The number of ether oxygens (including phenoxy) is 3. The molecule has 0 bridgehead atoms. The van der Waals surface area contributed by atoms with Crippen molar-refractivity contribution in [2.45, 2.75) is 239 Å². The van der Waals surface area contributed by atoms with Crippen LogP contribution in [0.15, 0.2) is 48.6 Å². The van der Waals surface area contributed by atoms with Gasteiger partial charge in [0.05, 0.1) is 0 Å². The summed E-state index contributed by atoms with van der Waals surface area (Å²) in [6.07, 6.45) is 49.8. The van der Waals surface area contributed by atoms with Gasteiger partial charge in [-0.1, -0.05) is 166 Å². The second-order valence-electron chi connectivity index (χ2n) is 16.9. The van der Waals surface area contributed by atoms with Crippen LogP contribution in [0.5, 0.6) is 0 Å². The fourth-order valence-corrected chi connectivity index (χ4v) is 7.08. The van der Waals surface area contributed by atoms with Gasteiger partial charge < -0.3 is 14.2 Å². The van der Waals surface area contributed by atoms with E-state index in [0.29, 0.717) is 32.1 Å². The normalized spacial score (nSPS) is 13.7. The van der Waals surface area contributed by atoms with Gasteiger partial charge in [-0.3, -0.25) is 19.2 Å². The molecule has 1 rings (SSSR count). The molecule has 0 saturated heterocycles. The number of hydrogen-bond donors (Lipinski definition) is 0. The van der Waals surface area contributed by atoms with Crippen LogP contribution in [-0.4, -0.2) is 43.0 Å². The highest BCUT2D eigenvalue weighted by molar-refractivity contribution is 6.06. The monoisotopic (exact) mass is 825 g/mol. The molecule has 0 atom stereocenters. The Morgan fingerprint density at radius 2 is 0.780 bits per heavy atom. The minimum atomic E-state index is -1.10. The van der Waals surface area contributed by atoms with E-state index in [9.17, 15) is 19.2 Å². The first kappa shape index (κ1) is 54.1. The summed E-state index contributed by atoms with van der Waals surface area (Å²) >= 11 is 0. The van der Waals surface area contributed by atoms with Crippen LogP contribution in [0.3, 0.4) is 0 Å². The number of carbonyl (C=O) groups excluding carboxylic acids is 4. The van der Waals surface area contributed by atoms with Crippen LogP contribution in [-0.2, 0) is 33.4 Å². The smallest absolute Gasteiger partial charge is 0.320 e. The van der Waals surface area contributed by atoms with Gasteiger partial charge in [-0.2, -0.15) is 0 Å². The van der Waals surface area contributed by atoms with E-state index in [2.05, 4.69) is 69.4 Å². The van der Waals surface area contributed by atoms with E-state index >= 15 is 0 Å². The number of ketones is 1. The molecule has 1 saturated carbocycles. The Hall–Kier alpha value is -2.96. The average Bonchev–Trinajstić information content (AvgIpc) is 4.05. The van der Waals surface area contributed by atoms with Crippen LogP contribution < -0.4 is 0 Å². The van der Waals surface area contributed by atoms with Crippen LogP contribution in [0.1, 0.15) is 233 Å². The van der Waals surface area contributed by atoms with E-state index < -0.39 is 17.5 Å². The lowest BCUT2D eigenvalue weighted by molar-refractivity contribution is -0.172. The number of unbranched alkanes of at least 4 members (excludes halogenated alkanes) is 21. The molecule has 7 nitrogen and oxygen atoms in total. The van der Waals surface area contributed by atoms with Crippen molar-refractivity contribution in [1.29, 1.82) is 0 Å². The number of Topliss-reactive ketones (excluding diaryl/α,β-unsaturated/α-hetero) is 1. The lowest BCUT2D eigenvalue weighted by Gasteiger charge is -2.21. The van der Waals surface area contributed by atoms with E-state index in [-0.39, 0.29) is 30.9 Å². The maximum atomic E-state index is 13.4. The zero-order valence-electron chi connectivity index (χ0n) is 38.3. The molecule has 59 heavy (non-hydrogen) atoms. The summed E-state index contributed by atoms with van der Waals surface area (Å²) in [5.41, 5.74) is -1.10. The third-order valence-electron chi connectivity index (χ3n) is 11.2. The molecular weight excluding hydrogens is 737 g/mol. The van der Waals surface area contributed by atoms with Gasteiger partial charge in [-0.05, 0) is 96.3 Å².